The van der Waals surface area contributed by atoms with E-state index in [1.165, 1.54) is 0 Å². The Labute approximate surface area is 146 Å². The molecule has 0 aliphatic heterocycles. The molecule has 1 aromatic carbocycles. The Morgan fingerprint density at radius 1 is 1.16 bits per heavy atom. The Hall–Kier alpha value is -2.89. The summed E-state index contributed by atoms with van der Waals surface area (Å²) in [5.41, 5.74) is 6.05. The number of nitrogens with zero attached hydrogens (tertiary/aromatic N) is 5. The first-order valence-electron chi connectivity index (χ1n) is 8.44. The quantitative estimate of drug-likeness (QED) is 0.573. The van der Waals surface area contributed by atoms with Gasteiger partial charge in [-0.25, -0.2) is 9.97 Å². The molecule has 25 heavy (non-hydrogen) atoms. The molecule has 0 N–H and O–H groups in total. The molecule has 0 bridgehead atoms. The highest BCUT2D eigenvalue weighted by Crippen LogP contribution is 2.35. The van der Waals surface area contributed by atoms with Crippen molar-refractivity contribution in [1.82, 2.24) is 24.3 Å². The van der Waals surface area contributed by atoms with Gasteiger partial charge in [0.2, 0.25) is 0 Å². The SMILES string of the molecule is CCCc1nn(C)c2c(-c3cn(C)c4ccc(OC)cc34)ncnc12. The molecular weight excluding hydrogens is 314 g/mol. The van der Waals surface area contributed by atoms with Crippen molar-refractivity contribution in [2.24, 2.45) is 14.1 Å². The number of aromatic nitrogens is 5. The fourth-order valence-electron chi connectivity index (χ4n) is 3.46. The van der Waals surface area contributed by atoms with Gasteiger partial charge in [-0.1, -0.05) is 13.3 Å². The van der Waals surface area contributed by atoms with E-state index in [9.17, 15) is 0 Å². The third kappa shape index (κ3) is 2.36. The summed E-state index contributed by atoms with van der Waals surface area (Å²) in [5, 5.41) is 5.78. The highest BCUT2D eigenvalue weighted by molar-refractivity contribution is 6.02. The van der Waals surface area contributed by atoms with E-state index in [-0.39, 0.29) is 0 Å². The summed E-state index contributed by atoms with van der Waals surface area (Å²) in [5.74, 6) is 0.835. The summed E-state index contributed by atoms with van der Waals surface area (Å²) in [7, 11) is 5.69. The molecule has 0 unspecified atom stereocenters. The van der Waals surface area contributed by atoms with E-state index in [2.05, 4.69) is 44.9 Å². The molecular formula is C19H21N5O. The van der Waals surface area contributed by atoms with Gasteiger partial charge >= 0.3 is 0 Å². The van der Waals surface area contributed by atoms with Gasteiger partial charge in [0.05, 0.1) is 12.8 Å². The van der Waals surface area contributed by atoms with E-state index < -0.39 is 0 Å². The van der Waals surface area contributed by atoms with Crippen LogP contribution in [-0.2, 0) is 20.5 Å². The fourth-order valence-corrected chi connectivity index (χ4v) is 3.46. The van der Waals surface area contributed by atoms with Crippen LogP contribution >= 0.6 is 0 Å². The van der Waals surface area contributed by atoms with Crippen LogP contribution in [0.3, 0.4) is 0 Å². The number of hydrogen-bond donors (Lipinski definition) is 0. The predicted molar refractivity (Wildman–Crippen MR) is 98.8 cm³/mol. The molecule has 4 rings (SSSR count). The van der Waals surface area contributed by atoms with Gasteiger partial charge in [0, 0.05) is 36.8 Å². The Bertz CT molecular complexity index is 1080. The first-order chi connectivity index (χ1) is 12.1. The van der Waals surface area contributed by atoms with Crippen molar-refractivity contribution < 1.29 is 4.74 Å². The highest BCUT2D eigenvalue weighted by atomic mass is 16.5. The van der Waals surface area contributed by atoms with Gasteiger partial charge in [0.15, 0.2) is 0 Å². The lowest BCUT2D eigenvalue weighted by Gasteiger charge is -2.04. The normalized spacial score (nSPS) is 11.5. The van der Waals surface area contributed by atoms with Gasteiger partial charge in [-0.2, -0.15) is 5.10 Å². The molecule has 3 aromatic heterocycles. The van der Waals surface area contributed by atoms with E-state index in [0.717, 1.165) is 57.5 Å². The van der Waals surface area contributed by atoms with Gasteiger partial charge in [-0.15, -0.1) is 0 Å². The largest absolute Gasteiger partial charge is 0.497 e. The summed E-state index contributed by atoms with van der Waals surface area (Å²) in [4.78, 5) is 9.11. The minimum Gasteiger partial charge on any atom is -0.497 e. The van der Waals surface area contributed by atoms with Crippen LogP contribution in [0.1, 0.15) is 19.0 Å². The second-order valence-electron chi connectivity index (χ2n) is 6.28. The molecule has 0 saturated heterocycles. The molecule has 0 saturated carbocycles. The molecule has 0 spiro atoms. The van der Waals surface area contributed by atoms with Crippen LogP contribution < -0.4 is 4.74 Å². The van der Waals surface area contributed by atoms with Crippen molar-refractivity contribution in [2.45, 2.75) is 19.8 Å². The average Bonchev–Trinajstić information content (AvgIpc) is 3.13. The molecule has 0 amide bonds. The van der Waals surface area contributed by atoms with Crippen molar-refractivity contribution in [1.29, 1.82) is 0 Å². The molecule has 0 aliphatic rings. The van der Waals surface area contributed by atoms with Crippen molar-refractivity contribution in [3.05, 3.63) is 36.4 Å². The van der Waals surface area contributed by atoms with Gasteiger partial charge in [-0.3, -0.25) is 4.68 Å². The summed E-state index contributed by atoms with van der Waals surface area (Å²) in [6, 6.07) is 6.11. The summed E-state index contributed by atoms with van der Waals surface area (Å²) in [6.45, 7) is 2.15. The zero-order chi connectivity index (χ0) is 17.6. The molecule has 0 fully saturated rings. The smallest absolute Gasteiger partial charge is 0.119 e. The molecule has 3 heterocycles. The van der Waals surface area contributed by atoms with E-state index in [1.807, 2.05) is 24.8 Å². The molecule has 0 atom stereocenters. The summed E-state index contributed by atoms with van der Waals surface area (Å²) >= 11 is 0. The Morgan fingerprint density at radius 3 is 2.76 bits per heavy atom. The van der Waals surface area contributed by atoms with Crippen molar-refractivity contribution in [3.8, 4) is 17.0 Å². The monoisotopic (exact) mass is 335 g/mol. The number of fused-ring (bicyclic) bond motifs is 2. The zero-order valence-electron chi connectivity index (χ0n) is 14.9. The second kappa shape index (κ2) is 5.88. The second-order valence-corrected chi connectivity index (χ2v) is 6.28. The minimum atomic E-state index is 0.835. The molecule has 128 valence electrons. The molecule has 0 radical (unpaired) electrons. The first-order valence-corrected chi connectivity index (χ1v) is 8.44. The lowest BCUT2D eigenvalue weighted by atomic mass is 10.1. The van der Waals surface area contributed by atoms with Crippen molar-refractivity contribution in [3.63, 3.8) is 0 Å². The Balaban J connectivity index is 2.03. The van der Waals surface area contributed by atoms with Crippen LogP contribution in [0.15, 0.2) is 30.7 Å². The maximum Gasteiger partial charge on any atom is 0.119 e. The van der Waals surface area contributed by atoms with Crippen molar-refractivity contribution >= 4 is 21.9 Å². The van der Waals surface area contributed by atoms with E-state index in [1.54, 1.807) is 13.4 Å². The maximum absolute atomic E-state index is 5.41. The third-order valence-corrected chi connectivity index (χ3v) is 4.63. The molecule has 0 aliphatic carbocycles. The van der Waals surface area contributed by atoms with E-state index >= 15 is 0 Å². The molecule has 6 nitrogen and oxygen atoms in total. The zero-order valence-corrected chi connectivity index (χ0v) is 14.9. The third-order valence-electron chi connectivity index (χ3n) is 4.63. The van der Waals surface area contributed by atoms with Crippen molar-refractivity contribution in [2.75, 3.05) is 7.11 Å². The van der Waals surface area contributed by atoms with Crippen LogP contribution in [0.2, 0.25) is 0 Å². The maximum atomic E-state index is 5.41. The number of hydrogen-bond acceptors (Lipinski definition) is 4. The van der Waals surface area contributed by atoms with E-state index in [0.29, 0.717) is 0 Å². The average molecular weight is 335 g/mol. The summed E-state index contributed by atoms with van der Waals surface area (Å²) in [6.07, 6.45) is 5.70. The standard InChI is InChI=1S/C19H21N5O/c1-5-6-15-18-19(24(3)22-15)17(20-11-21-18)14-10-23(2)16-8-7-12(25-4)9-13(14)16/h7-11H,5-6H2,1-4H3. The predicted octanol–water partition coefficient (Wildman–Crippen LogP) is 3.48. The molecule has 4 aromatic rings. The van der Waals surface area contributed by atoms with Crippen LogP contribution in [0.5, 0.6) is 5.75 Å². The highest BCUT2D eigenvalue weighted by Gasteiger charge is 2.19. The lowest BCUT2D eigenvalue weighted by Crippen LogP contribution is -1.95. The van der Waals surface area contributed by atoms with Gasteiger partial charge in [0.25, 0.3) is 0 Å². The van der Waals surface area contributed by atoms with Crippen LogP contribution in [0, 0.1) is 0 Å². The fraction of sp³-hybridized carbons (Fsp3) is 0.316. The van der Waals surface area contributed by atoms with Gasteiger partial charge in [-0.05, 0) is 24.6 Å². The van der Waals surface area contributed by atoms with Crippen LogP contribution in [-0.4, -0.2) is 31.4 Å². The minimum absolute atomic E-state index is 0.835. The number of methoxy groups -OCH3 is 1. The first kappa shape index (κ1) is 15.6. The van der Waals surface area contributed by atoms with Crippen LogP contribution in [0.25, 0.3) is 33.2 Å². The van der Waals surface area contributed by atoms with E-state index in [4.69, 9.17) is 4.74 Å². The number of rotatable bonds is 4. The van der Waals surface area contributed by atoms with Gasteiger partial charge < -0.3 is 9.30 Å². The lowest BCUT2D eigenvalue weighted by molar-refractivity contribution is 0.415. The molecule has 6 heteroatoms. The number of benzene rings is 1. The summed E-state index contributed by atoms with van der Waals surface area (Å²) < 4.78 is 9.42. The van der Waals surface area contributed by atoms with Gasteiger partial charge in [0.1, 0.15) is 28.8 Å². The van der Waals surface area contributed by atoms with Crippen LogP contribution in [0.4, 0.5) is 0 Å². The number of aryl methyl sites for hydroxylation is 3. The number of ether oxygens (including phenoxy) is 1. The topological polar surface area (TPSA) is 57.8 Å². The Kier molecular flexibility index (Phi) is 3.67. The Morgan fingerprint density at radius 2 is 2.00 bits per heavy atom.